The Morgan fingerprint density at radius 2 is 2.05 bits per heavy atom. The van der Waals surface area contributed by atoms with Crippen molar-refractivity contribution in [3.63, 3.8) is 0 Å². The van der Waals surface area contributed by atoms with Crippen LogP contribution in [0.1, 0.15) is 28.3 Å². The molecule has 2 N–H and O–H groups in total. The summed E-state index contributed by atoms with van der Waals surface area (Å²) in [5.74, 6) is 0. The van der Waals surface area contributed by atoms with E-state index in [2.05, 4.69) is 5.32 Å². The number of hydrogen-bond acceptors (Lipinski definition) is 4. The first-order valence-electron chi connectivity index (χ1n) is 6.43. The lowest BCUT2D eigenvalue weighted by molar-refractivity contribution is 0.152. The van der Waals surface area contributed by atoms with Crippen molar-refractivity contribution in [3.05, 3.63) is 57.8 Å². The molecule has 0 fully saturated rings. The molecule has 0 aliphatic heterocycles. The number of carbonyl (C=O) groups is 1. The lowest BCUT2D eigenvalue weighted by Gasteiger charge is -2.08. The molecule has 5 heteroatoms. The molecule has 0 aliphatic rings. The van der Waals surface area contributed by atoms with Crippen LogP contribution in [0.4, 0.5) is 4.79 Å². The van der Waals surface area contributed by atoms with Crippen molar-refractivity contribution in [2.75, 3.05) is 6.61 Å². The van der Waals surface area contributed by atoms with Crippen LogP contribution in [0.5, 0.6) is 0 Å². The van der Waals surface area contributed by atoms with Crippen molar-refractivity contribution >= 4 is 17.4 Å². The van der Waals surface area contributed by atoms with Gasteiger partial charge in [0.15, 0.2) is 0 Å². The van der Waals surface area contributed by atoms with Gasteiger partial charge in [-0.1, -0.05) is 30.3 Å². The number of aliphatic hydroxyl groups is 1. The lowest BCUT2D eigenvalue weighted by atomic mass is 10.1. The summed E-state index contributed by atoms with van der Waals surface area (Å²) in [5.41, 5.74) is 0.860. The SMILES string of the molecule is CCOC(=O)NCc1ccc([C@@H](O)c2ccccc2)s1. The van der Waals surface area contributed by atoms with Gasteiger partial charge in [-0.2, -0.15) is 0 Å². The van der Waals surface area contributed by atoms with Crippen molar-refractivity contribution in [1.29, 1.82) is 0 Å². The quantitative estimate of drug-likeness (QED) is 0.890. The zero-order chi connectivity index (χ0) is 14.4. The number of alkyl carbamates (subject to hydrolysis) is 1. The Bertz CT molecular complexity index is 553. The van der Waals surface area contributed by atoms with Crippen molar-refractivity contribution < 1.29 is 14.6 Å². The third-order valence-corrected chi connectivity index (χ3v) is 3.89. The van der Waals surface area contributed by atoms with Crippen LogP contribution >= 0.6 is 11.3 Å². The third-order valence-electron chi connectivity index (χ3n) is 2.75. The number of carbonyl (C=O) groups excluding carboxylic acids is 1. The summed E-state index contributed by atoms with van der Waals surface area (Å²) in [5, 5.41) is 12.9. The van der Waals surface area contributed by atoms with Crippen LogP contribution in [0.15, 0.2) is 42.5 Å². The van der Waals surface area contributed by atoms with Gasteiger partial charge in [0.2, 0.25) is 0 Å². The molecular formula is C15H17NO3S. The van der Waals surface area contributed by atoms with Gasteiger partial charge in [-0.15, -0.1) is 11.3 Å². The van der Waals surface area contributed by atoms with E-state index in [0.717, 1.165) is 15.3 Å². The van der Waals surface area contributed by atoms with Crippen LogP contribution in [0.3, 0.4) is 0 Å². The predicted octanol–water partition coefficient (Wildman–Crippen LogP) is 3.08. The molecule has 0 aliphatic carbocycles. The second kappa shape index (κ2) is 7.07. The van der Waals surface area contributed by atoms with Crippen molar-refractivity contribution in [1.82, 2.24) is 5.32 Å². The first kappa shape index (κ1) is 14.6. The average Bonchev–Trinajstić information content (AvgIpc) is 2.94. The van der Waals surface area contributed by atoms with E-state index in [9.17, 15) is 9.90 Å². The zero-order valence-corrected chi connectivity index (χ0v) is 12.0. The molecule has 1 aromatic heterocycles. The van der Waals surface area contributed by atoms with E-state index >= 15 is 0 Å². The van der Waals surface area contributed by atoms with Crippen LogP contribution in [-0.2, 0) is 11.3 Å². The number of amides is 1. The molecule has 0 radical (unpaired) electrons. The van der Waals surface area contributed by atoms with E-state index in [4.69, 9.17) is 4.74 Å². The third kappa shape index (κ3) is 3.82. The van der Waals surface area contributed by atoms with Crippen molar-refractivity contribution in [2.24, 2.45) is 0 Å². The number of thiophene rings is 1. The zero-order valence-electron chi connectivity index (χ0n) is 11.2. The van der Waals surface area contributed by atoms with Crippen LogP contribution in [0.25, 0.3) is 0 Å². The number of nitrogens with one attached hydrogen (secondary N) is 1. The summed E-state index contributed by atoms with van der Waals surface area (Å²) >= 11 is 1.48. The van der Waals surface area contributed by atoms with Crippen LogP contribution in [0.2, 0.25) is 0 Å². The predicted molar refractivity (Wildman–Crippen MR) is 78.7 cm³/mol. The van der Waals surface area contributed by atoms with E-state index in [1.807, 2.05) is 42.5 Å². The van der Waals surface area contributed by atoms with E-state index in [-0.39, 0.29) is 0 Å². The number of ether oxygens (including phenoxy) is 1. The number of aliphatic hydroxyl groups excluding tert-OH is 1. The van der Waals surface area contributed by atoms with Crippen LogP contribution in [0, 0.1) is 0 Å². The first-order chi connectivity index (χ1) is 9.70. The van der Waals surface area contributed by atoms with Gasteiger partial charge >= 0.3 is 6.09 Å². The fourth-order valence-electron chi connectivity index (χ4n) is 1.78. The first-order valence-corrected chi connectivity index (χ1v) is 7.24. The Labute approximate surface area is 122 Å². The summed E-state index contributed by atoms with van der Waals surface area (Å²) in [7, 11) is 0. The second-order valence-corrected chi connectivity index (χ2v) is 5.39. The smallest absolute Gasteiger partial charge is 0.407 e. The summed E-state index contributed by atoms with van der Waals surface area (Å²) in [6.45, 7) is 2.53. The summed E-state index contributed by atoms with van der Waals surface area (Å²) in [6.07, 6.45) is -1.05. The van der Waals surface area contributed by atoms with Gasteiger partial charge in [-0.05, 0) is 24.6 Å². The van der Waals surface area contributed by atoms with E-state index in [0.29, 0.717) is 13.2 Å². The molecule has 1 amide bonds. The molecule has 2 aromatic rings. The molecule has 1 heterocycles. The fraction of sp³-hybridized carbons (Fsp3) is 0.267. The molecule has 2 rings (SSSR count). The maximum absolute atomic E-state index is 11.2. The number of benzene rings is 1. The Hall–Kier alpha value is -1.85. The maximum Gasteiger partial charge on any atom is 0.407 e. The highest BCUT2D eigenvalue weighted by atomic mass is 32.1. The monoisotopic (exact) mass is 291 g/mol. The highest BCUT2D eigenvalue weighted by molar-refractivity contribution is 7.12. The molecule has 0 bridgehead atoms. The summed E-state index contributed by atoms with van der Waals surface area (Å²) < 4.78 is 4.79. The van der Waals surface area contributed by atoms with Gasteiger partial charge < -0.3 is 15.2 Å². The Kier molecular flexibility index (Phi) is 5.15. The standard InChI is InChI=1S/C15H17NO3S/c1-2-19-15(18)16-10-12-8-9-13(20-12)14(17)11-6-4-3-5-7-11/h3-9,14,17H,2,10H2,1H3,(H,16,18)/t14-/m0/s1. The normalized spacial score (nSPS) is 11.9. The summed E-state index contributed by atoms with van der Waals surface area (Å²) in [6, 6.07) is 13.3. The van der Waals surface area contributed by atoms with Crippen molar-refractivity contribution in [3.8, 4) is 0 Å². The topological polar surface area (TPSA) is 58.6 Å². The van der Waals surface area contributed by atoms with Crippen LogP contribution < -0.4 is 5.32 Å². The number of hydrogen-bond donors (Lipinski definition) is 2. The lowest BCUT2D eigenvalue weighted by Crippen LogP contribution is -2.23. The van der Waals surface area contributed by atoms with Gasteiger partial charge in [0.1, 0.15) is 6.10 Å². The molecule has 20 heavy (non-hydrogen) atoms. The van der Waals surface area contributed by atoms with Gasteiger partial charge in [0.05, 0.1) is 13.2 Å². The van der Waals surface area contributed by atoms with Gasteiger partial charge in [0.25, 0.3) is 0 Å². The Morgan fingerprint density at radius 3 is 2.75 bits per heavy atom. The van der Waals surface area contributed by atoms with Gasteiger partial charge in [0, 0.05) is 9.75 Å². The van der Waals surface area contributed by atoms with E-state index in [1.54, 1.807) is 6.92 Å². The Morgan fingerprint density at radius 1 is 1.30 bits per heavy atom. The van der Waals surface area contributed by atoms with Gasteiger partial charge in [-0.3, -0.25) is 0 Å². The molecule has 106 valence electrons. The number of rotatable bonds is 5. The largest absolute Gasteiger partial charge is 0.450 e. The Balaban J connectivity index is 1.97. The van der Waals surface area contributed by atoms with Gasteiger partial charge in [-0.25, -0.2) is 4.79 Å². The van der Waals surface area contributed by atoms with Crippen LogP contribution in [-0.4, -0.2) is 17.8 Å². The minimum atomic E-state index is -0.627. The highest BCUT2D eigenvalue weighted by Crippen LogP contribution is 2.28. The highest BCUT2D eigenvalue weighted by Gasteiger charge is 2.13. The second-order valence-electron chi connectivity index (χ2n) is 4.19. The minimum absolute atomic E-state index is 0.355. The fourth-order valence-corrected chi connectivity index (χ4v) is 2.74. The molecule has 0 saturated carbocycles. The maximum atomic E-state index is 11.2. The summed E-state index contributed by atoms with van der Waals surface area (Å²) in [4.78, 5) is 13.0. The average molecular weight is 291 g/mol. The molecular weight excluding hydrogens is 274 g/mol. The molecule has 4 nitrogen and oxygen atoms in total. The molecule has 0 spiro atoms. The molecule has 1 atom stereocenters. The molecule has 0 unspecified atom stereocenters. The minimum Gasteiger partial charge on any atom is -0.450 e. The molecule has 1 aromatic carbocycles. The molecule has 0 saturated heterocycles. The van der Waals surface area contributed by atoms with E-state index in [1.165, 1.54) is 11.3 Å². The van der Waals surface area contributed by atoms with Crippen molar-refractivity contribution in [2.45, 2.75) is 19.6 Å². The van der Waals surface area contributed by atoms with E-state index < -0.39 is 12.2 Å².